The number of pyridine rings is 1. The van der Waals surface area contributed by atoms with Crippen LogP contribution < -0.4 is 9.64 Å². The first-order valence-electron chi connectivity index (χ1n) is 7.99. The number of ether oxygens (including phenoxy) is 1. The number of hydrogen-bond acceptors (Lipinski definition) is 4. The van der Waals surface area contributed by atoms with E-state index in [9.17, 15) is 0 Å². The highest BCUT2D eigenvalue weighted by Gasteiger charge is 2.17. The molecule has 0 saturated carbocycles. The van der Waals surface area contributed by atoms with Gasteiger partial charge in [-0.05, 0) is 52.7 Å². The molecule has 2 aromatic rings. The second-order valence-electron chi connectivity index (χ2n) is 5.83. The van der Waals surface area contributed by atoms with E-state index >= 15 is 0 Å². The van der Waals surface area contributed by atoms with Gasteiger partial charge in [-0.15, -0.1) is 0 Å². The van der Waals surface area contributed by atoms with Crippen molar-refractivity contribution in [1.29, 1.82) is 0 Å². The van der Waals surface area contributed by atoms with Crippen molar-refractivity contribution in [1.82, 2.24) is 9.88 Å². The lowest BCUT2D eigenvalue weighted by Gasteiger charge is -2.35. The molecule has 0 aliphatic carbocycles. The number of nitrogens with zero attached hydrogens (tertiary/aromatic N) is 3. The maximum atomic E-state index is 5.84. The average molecular weight is 376 g/mol. The summed E-state index contributed by atoms with van der Waals surface area (Å²) >= 11 is 3.43. The fourth-order valence-corrected chi connectivity index (χ4v) is 2.99. The normalized spacial score (nSPS) is 15.7. The first kappa shape index (κ1) is 16.3. The maximum absolute atomic E-state index is 5.84. The topological polar surface area (TPSA) is 28.6 Å². The Morgan fingerprint density at radius 3 is 2.65 bits per heavy atom. The fraction of sp³-hybridized carbons (Fsp3) is 0.389. The van der Waals surface area contributed by atoms with Gasteiger partial charge in [0.2, 0.25) is 0 Å². The highest BCUT2D eigenvalue weighted by Crippen LogP contribution is 2.17. The van der Waals surface area contributed by atoms with Crippen LogP contribution in [0.3, 0.4) is 0 Å². The summed E-state index contributed by atoms with van der Waals surface area (Å²) in [6.07, 6.45) is 1.86. The third-order valence-corrected chi connectivity index (χ3v) is 4.54. The van der Waals surface area contributed by atoms with Gasteiger partial charge in [0.25, 0.3) is 0 Å². The SMILES string of the molecule is Cc1cccc(OCCN2CCN(c3ccc(Br)cn3)CC2)c1. The number of hydrogen-bond donors (Lipinski definition) is 0. The average Bonchev–Trinajstić information content (AvgIpc) is 2.56. The molecular weight excluding hydrogens is 354 g/mol. The molecule has 1 aliphatic rings. The number of halogens is 1. The third kappa shape index (κ3) is 4.69. The van der Waals surface area contributed by atoms with Gasteiger partial charge in [0.1, 0.15) is 18.2 Å². The largest absolute Gasteiger partial charge is 0.492 e. The third-order valence-electron chi connectivity index (χ3n) is 4.07. The molecule has 0 bridgehead atoms. The summed E-state index contributed by atoms with van der Waals surface area (Å²) in [6, 6.07) is 12.3. The summed E-state index contributed by atoms with van der Waals surface area (Å²) in [7, 11) is 0. The molecule has 1 aromatic heterocycles. The van der Waals surface area contributed by atoms with E-state index in [2.05, 4.69) is 55.8 Å². The molecule has 1 aromatic carbocycles. The molecule has 0 radical (unpaired) electrons. The Bertz CT molecular complexity index is 624. The monoisotopic (exact) mass is 375 g/mol. The van der Waals surface area contributed by atoms with Crippen LogP contribution in [0.5, 0.6) is 5.75 Å². The minimum atomic E-state index is 0.736. The highest BCUT2D eigenvalue weighted by molar-refractivity contribution is 9.10. The fourth-order valence-electron chi connectivity index (χ4n) is 2.75. The zero-order valence-corrected chi connectivity index (χ0v) is 15.0. The van der Waals surface area contributed by atoms with Crippen molar-refractivity contribution in [3.63, 3.8) is 0 Å². The predicted molar refractivity (Wildman–Crippen MR) is 97.3 cm³/mol. The molecule has 2 heterocycles. The molecule has 4 nitrogen and oxygen atoms in total. The Morgan fingerprint density at radius 1 is 1.13 bits per heavy atom. The van der Waals surface area contributed by atoms with E-state index in [0.717, 1.165) is 55.4 Å². The molecule has 0 spiro atoms. The zero-order valence-electron chi connectivity index (χ0n) is 13.4. The number of anilines is 1. The van der Waals surface area contributed by atoms with E-state index in [1.54, 1.807) is 0 Å². The lowest BCUT2D eigenvalue weighted by Crippen LogP contribution is -2.47. The molecule has 0 atom stereocenters. The van der Waals surface area contributed by atoms with Gasteiger partial charge in [0.15, 0.2) is 0 Å². The Hall–Kier alpha value is -1.59. The molecule has 1 saturated heterocycles. The number of aryl methyl sites for hydroxylation is 1. The van der Waals surface area contributed by atoms with Crippen LogP contribution in [0.15, 0.2) is 47.1 Å². The summed E-state index contributed by atoms with van der Waals surface area (Å²) < 4.78 is 6.86. The van der Waals surface area contributed by atoms with E-state index in [4.69, 9.17) is 4.74 Å². The van der Waals surface area contributed by atoms with E-state index in [1.165, 1.54) is 5.56 Å². The van der Waals surface area contributed by atoms with Crippen LogP contribution in [-0.2, 0) is 0 Å². The molecule has 0 unspecified atom stereocenters. The summed E-state index contributed by atoms with van der Waals surface area (Å²) in [5.74, 6) is 2.02. The van der Waals surface area contributed by atoms with Crippen LogP contribution in [0, 0.1) is 6.92 Å². The van der Waals surface area contributed by atoms with Crippen molar-refractivity contribution in [3.05, 3.63) is 52.6 Å². The van der Waals surface area contributed by atoms with Crippen LogP contribution >= 0.6 is 15.9 Å². The van der Waals surface area contributed by atoms with Crippen LogP contribution in [0.25, 0.3) is 0 Å². The predicted octanol–water partition coefficient (Wildman–Crippen LogP) is 3.35. The summed E-state index contributed by atoms with van der Waals surface area (Å²) in [6.45, 7) is 7.92. The van der Waals surface area contributed by atoms with Crippen molar-refractivity contribution in [2.24, 2.45) is 0 Å². The summed E-state index contributed by atoms with van der Waals surface area (Å²) in [4.78, 5) is 9.26. The lowest BCUT2D eigenvalue weighted by atomic mass is 10.2. The second-order valence-corrected chi connectivity index (χ2v) is 6.74. The first-order chi connectivity index (χ1) is 11.2. The maximum Gasteiger partial charge on any atom is 0.128 e. The molecule has 3 rings (SSSR count). The van der Waals surface area contributed by atoms with Crippen LogP contribution in [-0.4, -0.2) is 49.2 Å². The second kappa shape index (κ2) is 7.79. The lowest BCUT2D eigenvalue weighted by molar-refractivity contribution is 0.200. The molecule has 1 aliphatic heterocycles. The van der Waals surface area contributed by atoms with Gasteiger partial charge in [0, 0.05) is 43.4 Å². The van der Waals surface area contributed by atoms with Gasteiger partial charge < -0.3 is 9.64 Å². The van der Waals surface area contributed by atoms with Gasteiger partial charge in [-0.25, -0.2) is 4.98 Å². The van der Waals surface area contributed by atoms with E-state index < -0.39 is 0 Å². The van der Waals surface area contributed by atoms with E-state index in [0.29, 0.717) is 0 Å². The summed E-state index contributed by atoms with van der Waals surface area (Å²) in [5, 5.41) is 0. The van der Waals surface area contributed by atoms with Gasteiger partial charge in [0.05, 0.1) is 0 Å². The molecule has 0 amide bonds. The standard InChI is InChI=1S/C18H22BrN3O/c1-15-3-2-4-17(13-15)23-12-11-21-7-9-22(10-8-21)18-6-5-16(19)14-20-18/h2-6,13-14H,7-12H2,1H3. The number of aromatic nitrogens is 1. The Labute approximate surface area is 146 Å². The van der Waals surface area contributed by atoms with E-state index in [-0.39, 0.29) is 0 Å². The minimum absolute atomic E-state index is 0.736. The Balaban J connectivity index is 1.41. The van der Waals surface area contributed by atoms with Crippen LogP contribution in [0.4, 0.5) is 5.82 Å². The molecule has 5 heteroatoms. The number of piperazine rings is 1. The van der Waals surface area contributed by atoms with Crippen LogP contribution in [0.2, 0.25) is 0 Å². The highest BCUT2D eigenvalue weighted by atomic mass is 79.9. The van der Waals surface area contributed by atoms with Crippen molar-refractivity contribution < 1.29 is 4.74 Å². The van der Waals surface area contributed by atoms with Gasteiger partial charge in [-0.1, -0.05) is 12.1 Å². The summed E-state index contributed by atoms with van der Waals surface area (Å²) in [5.41, 5.74) is 1.23. The van der Waals surface area contributed by atoms with Crippen molar-refractivity contribution in [3.8, 4) is 5.75 Å². The van der Waals surface area contributed by atoms with Gasteiger partial charge >= 0.3 is 0 Å². The first-order valence-corrected chi connectivity index (χ1v) is 8.78. The van der Waals surface area contributed by atoms with Gasteiger partial charge in [-0.3, -0.25) is 4.90 Å². The minimum Gasteiger partial charge on any atom is -0.492 e. The molecule has 23 heavy (non-hydrogen) atoms. The van der Waals surface area contributed by atoms with Crippen molar-refractivity contribution in [2.45, 2.75) is 6.92 Å². The van der Waals surface area contributed by atoms with Crippen molar-refractivity contribution in [2.75, 3.05) is 44.2 Å². The van der Waals surface area contributed by atoms with E-state index in [1.807, 2.05) is 24.4 Å². The van der Waals surface area contributed by atoms with Crippen molar-refractivity contribution >= 4 is 21.7 Å². The van der Waals surface area contributed by atoms with Gasteiger partial charge in [-0.2, -0.15) is 0 Å². The zero-order chi connectivity index (χ0) is 16.1. The Kier molecular flexibility index (Phi) is 5.51. The quantitative estimate of drug-likeness (QED) is 0.800. The molecular formula is C18H22BrN3O. The number of benzene rings is 1. The Morgan fingerprint density at radius 2 is 1.96 bits per heavy atom. The molecule has 0 N–H and O–H groups in total. The van der Waals surface area contributed by atoms with Crippen LogP contribution in [0.1, 0.15) is 5.56 Å². The molecule has 122 valence electrons. The number of rotatable bonds is 5. The molecule has 1 fully saturated rings. The smallest absolute Gasteiger partial charge is 0.128 e.